The Kier molecular flexibility index (Phi) is 4.89. The molecule has 1 unspecified atom stereocenters. The lowest BCUT2D eigenvalue weighted by atomic mass is 10.3. The lowest BCUT2D eigenvalue weighted by Crippen LogP contribution is -2.15. The fourth-order valence-electron chi connectivity index (χ4n) is 0.978. The first-order valence-electron chi connectivity index (χ1n) is 4.57. The van der Waals surface area contributed by atoms with E-state index in [1.807, 2.05) is 0 Å². The molecule has 1 aromatic carbocycles. The Morgan fingerprint density at radius 3 is 3.00 bits per heavy atom. The molecule has 3 nitrogen and oxygen atoms in total. The highest BCUT2D eigenvalue weighted by Gasteiger charge is 2.21. The van der Waals surface area contributed by atoms with Crippen molar-refractivity contribution in [3.05, 3.63) is 23.2 Å². The molecule has 0 heterocycles. The van der Waals surface area contributed by atoms with E-state index in [2.05, 4.69) is 4.74 Å². The van der Waals surface area contributed by atoms with Crippen LogP contribution in [0.3, 0.4) is 0 Å². The first-order chi connectivity index (χ1) is 7.54. The highest BCUT2D eigenvalue weighted by atomic mass is 35.5. The minimum Gasteiger partial charge on any atom is -0.463 e. The third-order valence-electron chi connectivity index (χ3n) is 1.68. The summed E-state index contributed by atoms with van der Waals surface area (Å²) in [6.07, 6.45) is 0. The van der Waals surface area contributed by atoms with Crippen molar-refractivity contribution < 1.29 is 13.9 Å². The number of nitrogen functional groups attached to an aromatic ring is 1. The van der Waals surface area contributed by atoms with E-state index in [-0.39, 0.29) is 6.61 Å². The van der Waals surface area contributed by atoms with Crippen molar-refractivity contribution in [2.24, 2.45) is 0 Å². The molecule has 0 saturated carbocycles. The Morgan fingerprint density at radius 1 is 1.69 bits per heavy atom. The number of ether oxygens (including phenoxy) is 1. The number of rotatable bonds is 4. The Morgan fingerprint density at radius 2 is 2.38 bits per heavy atom. The smallest absolute Gasteiger partial charge is 0.351 e. The number of carbonyl (C=O) groups excluding carboxylic acids is 1. The van der Waals surface area contributed by atoms with Crippen molar-refractivity contribution in [1.82, 2.24) is 0 Å². The Balaban J connectivity index is 2.72. The van der Waals surface area contributed by atoms with Gasteiger partial charge in [-0.3, -0.25) is 0 Å². The average Bonchev–Trinajstić information content (AvgIpc) is 2.23. The number of alkyl halides is 1. The van der Waals surface area contributed by atoms with Gasteiger partial charge in [-0.05, 0) is 25.1 Å². The van der Waals surface area contributed by atoms with E-state index in [9.17, 15) is 9.18 Å². The summed E-state index contributed by atoms with van der Waals surface area (Å²) >= 11 is 6.42. The van der Waals surface area contributed by atoms with E-state index >= 15 is 0 Å². The van der Waals surface area contributed by atoms with E-state index in [0.717, 1.165) is 0 Å². The van der Waals surface area contributed by atoms with Crippen LogP contribution >= 0.6 is 23.4 Å². The third-order valence-corrected chi connectivity index (χ3v) is 2.92. The number of hydrogen-bond donors (Lipinski definition) is 1. The normalized spacial score (nSPS) is 12.2. The number of thioether (sulfide) groups is 1. The molecule has 0 amide bonds. The molecular formula is C10H11ClFNO2S. The van der Waals surface area contributed by atoms with E-state index in [0.29, 0.717) is 27.4 Å². The van der Waals surface area contributed by atoms with Crippen LogP contribution in [0.25, 0.3) is 0 Å². The summed E-state index contributed by atoms with van der Waals surface area (Å²) in [5, 5.41) is 0.438. The summed E-state index contributed by atoms with van der Waals surface area (Å²) in [5.41, 5.74) is 4.20. The van der Waals surface area contributed by atoms with Gasteiger partial charge in [0.05, 0.1) is 6.61 Å². The van der Waals surface area contributed by atoms with E-state index in [1.165, 1.54) is 6.07 Å². The monoisotopic (exact) mass is 263 g/mol. The van der Waals surface area contributed by atoms with Gasteiger partial charge >= 0.3 is 5.97 Å². The first kappa shape index (κ1) is 13.1. The maximum Gasteiger partial charge on any atom is 0.351 e. The Bertz CT molecular complexity index is 389. The number of nitrogens with two attached hydrogens (primary N) is 1. The topological polar surface area (TPSA) is 52.3 Å². The molecule has 1 rings (SSSR count). The molecule has 0 bridgehead atoms. The van der Waals surface area contributed by atoms with E-state index < -0.39 is 11.5 Å². The van der Waals surface area contributed by atoms with E-state index in [1.54, 1.807) is 19.1 Å². The quantitative estimate of drug-likeness (QED) is 0.516. The second kappa shape index (κ2) is 5.96. The van der Waals surface area contributed by atoms with Crippen LogP contribution in [0, 0.1) is 0 Å². The molecule has 1 aromatic rings. The number of esters is 1. The fraction of sp³-hybridized carbons (Fsp3) is 0.300. The van der Waals surface area contributed by atoms with Crippen LogP contribution in [0.15, 0.2) is 23.1 Å². The number of carbonyl (C=O) groups is 1. The van der Waals surface area contributed by atoms with Crippen molar-refractivity contribution in [3.63, 3.8) is 0 Å². The standard InChI is InChI=1S/C10H11ClFNO2S/c1-2-15-10(14)9(12)16-8-5-6(11)3-4-7(8)13/h3-5,9H,2,13H2,1H3. The van der Waals surface area contributed by atoms with Gasteiger partial charge in [0.25, 0.3) is 0 Å². The summed E-state index contributed by atoms with van der Waals surface area (Å²) in [7, 11) is 0. The lowest BCUT2D eigenvalue weighted by molar-refractivity contribution is -0.145. The zero-order valence-corrected chi connectivity index (χ0v) is 10.1. The zero-order chi connectivity index (χ0) is 12.1. The first-order valence-corrected chi connectivity index (χ1v) is 5.82. The van der Waals surface area contributed by atoms with Crippen LogP contribution in [0.5, 0.6) is 0 Å². The summed E-state index contributed by atoms with van der Waals surface area (Å²) in [4.78, 5) is 11.5. The van der Waals surface area contributed by atoms with Crippen molar-refractivity contribution >= 4 is 35.0 Å². The Hall–Kier alpha value is -0.940. The Labute approximate surface area is 102 Å². The van der Waals surface area contributed by atoms with Gasteiger partial charge in [0.15, 0.2) is 0 Å². The number of benzene rings is 1. The summed E-state index contributed by atoms with van der Waals surface area (Å²) < 4.78 is 17.9. The third kappa shape index (κ3) is 3.57. The van der Waals surface area contributed by atoms with Gasteiger partial charge < -0.3 is 10.5 Å². The predicted molar refractivity (Wildman–Crippen MR) is 63.3 cm³/mol. The molecule has 0 aliphatic rings. The molecule has 1 atom stereocenters. The molecule has 0 saturated heterocycles. The maximum atomic E-state index is 13.4. The van der Waals surface area contributed by atoms with Gasteiger partial charge in [-0.25, -0.2) is 9.18 Å². The maximum absolute atomic E-state index is 13.4. The summed E-state index contributed by atoms with van der Waals surface area (Å²) in [6.45, 7) is 1.76. The van der Waals surface area contributed by atoms with Gasteiger partial charge in [-0.2, -0.15) is 0 Å². The van der Waals surface area contributed by atoms with Crippen LogP contribution in [-0.2, 0) is 9.53 Å². The fourth-order valence-corrected chi connectivity index (χ4v) is 2.00. The van der Waals surface area contributed by atoms with Gasteiger partial charge in [0, 0.05) is 15.6 Å². The zero-order valence-electron chi connectivity index (χ0n) is 8.57. The number of hydrogen-bond acceptors (Lipinski definition) is 4. The average molecular weight is 264 g/mol. The number of halogens is 2. The minimum atomic E-state index is -1.79. The van der Waals surface area contributed by atoms with Crippen molar-refractivity contribution in [2.75, 3.05) is 12.3 Å². The van der Waals surface area contributed by atoms with Crippen LogP contribution in [0.2, 0.25) is 5.02 Å². The molecule has 16 heavy (non-hydrogen) atoms. The van der Waals surface area contributed by atoms with Gasteiger partial charge in [-0.1, -0.05) is 23.4 Å². The molecule has 0 aromatic heterocycles. The van der Waals surface area contributed by atoms with Crippen LogP contribution in [0.1, 0.15) is 6.92 Å². The van der Waals surface area contributed by atoms with Crippen molar-refractivity contribution in [1.29, 1.82) is 0 Å². The van der Waals surface area contributed by atoms with Gasteiger partial charge in [0.2, 0.25) is 5.50 Å². The lowest BCUT2D eigenvalue weighted by Gasteiger charge is -2.09. The van der Waals surface area contributed by atoms with Crippen LogP contribution in [0.4, 0.5) is 10.1 Å². The molecule has 0 aliphatic carbocycles. The molecule has 6 heteroatoms. The van der Waals surface area contributed by atoms with Crippen molar-refractivity contribution in [2.45, 2.75) is 17.3 Å². The molecule has 88 valence electrons. The largest absolute Gasteiger partial charge is 0.463 e. The van der Waals surface area contributed by atoms with Gasteiger partial charge in [-0.15, -0.1) is 0 Å². The molecule has 0 radical (unpaired) electrons. The molecule has 0 spiro atoms. The molecule has 0 fully saturated rings. The summed E-state index contributed by atoms with van der Waals surface area (Å²) in [5.74, 6) is -0.910. The molecular weight excluding hydrogens is 253 g/mol. The van der Waals surface area contributed by atoms with E-state index in [4.69, 9.17) is 17.3 Å². The predicted octanol–water partition coefficient (Wildman–Crippen LogP) is 2.87. The molecule has 2 N–H and O–H groups in total. The van der Waals surface area contributed by atoms with Crippen LogP contribution < -0.4 is 5.73 Å². The molecule has 0 aliphatic heterocycles. The second-order valence-electron chi connectivity index (χ2n) is 2.87. The second-order valence-corrected chi connectivity index (χ2v) is 4.39. The SMILES string of the molecule is CCOC(=O)C(F)Sc1cc(Cl)ccc1N. The minimum absolute atomic E-state index is 0.144. The van der Waals surface area contributed by atoms with Crippen molar-refractivity contribution in [3.8, 4) is 0 Å². The number of anilines is 1. The highest BCUT2D eigenvalue weighted by molar-refractivity contribution is 8.00. The summed E-state index contributed by atoms with van der Waals surface area (Å²) in [6, 6.07) is 4.66. The highest BCUT2D eigenvalue weighted by Crippen LogP contribution is 2.32. The van der Waals surface area contributed by atoms with Gasteiger partial charge in [0.1, 0.15) is 0 Å². The van der Waals surface area contributed by atoms with Crippen LogP contribution in [-0.4, -0.2) is 18.1 Å².